The van der Waals surface area contributed by atoms with Gasteiger partial charge in [-0.05, 0) is 18.9 Å². The maximum absolute atomic E-state index is 13.2. The van der Waals surface area contributed by atoms with Crippen LogP contribution in [-0.4, -0.2) is 34.9 Å². The quantitative estimate of drug-likeness (QED) is 0.657. The predicted octanol–water partition coefficient (Wildman–Crippen LogP) is 1.44. The number of carbonyl (C=O) groups is 1. The topological polar surface area (TPSA) is 89.5 Å². The summed E-state index contributed by atoms with van der Waals surface area (Å²) >= 11 is 0. The number of hydrogen-bond donors (Lipinski definition) is 1. The third-order valence-corrected chi connectivity index (χ3v) is 3.21. The maximum atomic E-state index is 13.2. The number of amides is 1. The standard InChI is InChI=1S/C12H13F2N3O3/c13-9-4-8(11(17(19)20)5-10(9)14)12(18)16-3-1-2-7(15)6-16/h4-5,7H,1-3,6,15H2/t7-/m1/s1. The molecule has 2 rings (SSSR count). The van der Waals surface area contributed by atoms with Gasteiger partial charge in [0, 0.05) is 19.1 Å². The van der Waals surface area contributed by atoms with Gasteiger partial charge in [0.05, 0.1) is 11.0 Å². The Labute approximate surface area is 113 Å². The van der Waals surface area contributed by atoms with E-state index in [1.165, 1.54) is 4.90 Å². The molecule has 8 heteroatoms. The predicted molar refractivity (Wildman–Crippen MR) is 66.1 cm³/mol. The summed E-state index contributed by atoms with van der Waals surface area (Å²) in [4.78, 5) is 23.5. The van der Waals surface area contributed by atoms with Crippen molar-refractivity contribution in [1.82, 2.24) is 4.90 Å². The fourth-order valence-corrected chi connectivity index (χ4v) is 2.22. The highest BCUT2D eigenvalue weighted by Crippen LogP contribution is 2.24. The highest BCUT2D eigenvalue weighted by Gasteiger charge is 2.29. The average molecular weight is 285 g/mol. The van der Waals surface area contributed by atoms with E-state index in [0.29, 0.717) is 25.1 Å². The molecule has 1 amide bonds. The molecule has 0 spiro atoms. The van der Waals surface area contributed by atoms with Gasteiger partial charge in [0.25, 0.3) is 11.6 Å². The van der Waals surface area contributed by atoms with Crippen LogP contribution in [0.2, 0.25) is 0 Å². The normalized spacial score (nSPS) is 18.9. The van der Waals surface area contributed by atoms with E-state index in [-0.39, 0.29) is 12.6 Å². The number of nitrogens with zero attached hydrogens (tertiary/aromatic N) is 2. The molecule has 1 heterocycles. The van der Waals surface area contributed by atoms with Crippen molar-refractivity contribution in [3.05, 3.63) is 39.4 Å². The summed E-state index contributed by atoms with van der Waals surface area (Å²) < 4.78 is 26.3. The average Bonchev–Trinajstić information content (AvgIpc) is 2.40. The van der Waals surface area contributed by atoms with Crippen LogP contribution in [-0.2, 0) is 0 Å². The number of hydrogen-bond acceptors (Lipinski definition) is 4. The summed E-state index contributed by atoms with van der Waals surface area (Å²) in [5.41, 5.74) is 4.53. The number of nitro benzene ring substituents is 1. The molecule has 0 aliphatic carbocycles. The van der Waals surface area contributed by atoms with E-state index in [4.69, 9.17) is 5.73 Å². The summed E-state index contributed by atoms with van der Waals surface area (Å²) in [6.07, 6.45) is 1.42. The highest BCUT2D eigenvalue weighted by molar-refractivity contribution is 5.98. The van der Waals surface area contributed by atoms with Gasteiger partial charge in [-0.3, -0.25) is 14.9 Å². The van der Waals surface area contributed by atoms with E-state index in [1.807, 2.05) is 0 Å². The van der Waals surface area contributed by atoms with Gasteiger partial charge in [0.15, 0.2) is 11.6 Å². The van der Waals surface area contributed by atoms with Gasteiger partial charge in [-0.25, -0.2) is 8.78 Å². The number of likely N-dealkylation sites (tertiary alicyclic amines) is 1. The largest absolute Gasteiger partial charge is 0.337 e. The van der Waals surface area contributed by atoms with Crippen LogP contribution in [0.3, 0.4) is 0 Å². The van der Waals surface area contributed by atoms with Gasteiger partial charge in [-0.2, -0.15) is 0 Å². The summed E-state index contributed by atoms with van der Waals surface area (Å²) in [6.45, 7) is 0.637. The number of nitro groups is 1. The number of piperidine rings is 1. The number of carbonyl (C=O) groups excluding carboxylic acids is 1. The van der Waals surface area contributed by atoms with E-state index in [0.717, 1.165) is 6.42 Å². The van der Waals surface area contributed by atoms with E-state index in [1.54, 1.807) is 0 Å². The molecule has 108 valence electrons. The minimum atomic E-state index is -1.36. The SMILES string of the molecule is N[C@@H]1CCCN(C(=O)c2cc(F)c(F)cc2[N+](=O)[O-])C1. The van der Waals surface area contributed by atoms with Crippen LogP contribution in [0.1, 0.15) is 23.2 Å². The second kappa shape index (κ2) is 5.49. The first kappa shape index (κ1) is 14.3. The molecular formula is C12H13F2N3O3. The summed E-state index contributed by atoms with van der Waals surface area (Å²) in [5.74, 6) is -3.35. The van der Waals surface area contributed by atoms with Crippen molar-refractivity contribution >= 4 is 11.6 Å². The molecule has 0 unspecified atom stereocenters. The van der Waals surface area contributed by atoms with Crippen molar-refractivity contribution in [1.29, 1.82) is 0 Å². The summed E-state index contributed by atoms with van der Waals surface area (Å²) in [5, 5.41) is 10.9. The third-order valence-electron chi connectivity index (χ3n) is 3.21. The molecule has 1 aromatic carbocycles. The Bertz CT molecular complexity index is 565. The summed E-state index contributed by atoms with van der Waals surface area (Å²) in [6, 6.07) is 0.777. The van der Waals surface area contributed by atoms with Gasteiger partial charge in [0.2, 0.25) is 0 Å². The number of benzene rings is 1. The molecule has 0 bridgehead atoms. The van der Waals surface area contributed by atoms with E-state index >= 15 is 0 Å². The molecule has 1 aromatic rings. The van der Waals surface area contributed by atoms with Crippen LogP contribution >= 0.6 is 0 Å². The molecule has 0 aromatic heterocycles. The molecule has 0 saturated carbocycles. The first-order valence-electron chi connectivity index (χ1n) is 6.08. The molecule has 20 heavy (non-hydrogen) atoms. The Morgan fingerprint density at radius 3 is 2.65 bits per heavy atom. The van der Waals surface area contributed by atoms with Gasteiger partial charge >= 0.3 is 0 Å². The van der Waals surface area contributed by atoms with Crippen molar-refractivity contribution in [3.8, 4) is 0 Å². The van der Waals surface area contributed by atoms with Crippen LogP contribution in [0.15, 0.2) is 12.1 Å². The Morgan fingerprint density at radius 1 is 1.40 bits per heavy atom. The lowest BCUT2D eigenvalue weighted by atomic mass is 10.0. The lowest BCUT2D eigenvalue weighted by molar-refractivity contribution is -0.385. The Kier molecular flexibility index (Phi) is 3.93. The second-order valence-corrected chi connectivity index (χ2v) is 4.69. The van der Waals surface area contributed by atoms with Gasteiger partial charge in [-0.15, -0.1) is 0 Å². The lowest BCUT2D eigenvalue weighted by Crippen LogP contribution is -2.45. The smallest absolute Gasteiger partial charge is 0.285 e. The molecule has 0 radical (unpaired) electrons. The number of nitrogens with two attached hydrogens (primary N) is 1. The zero-order valence-corrected chi connectivity index (χ0v) is 10.5. The molecular weight excluding hydrogens is 272 g/mol. The van der Waals surface area contributed by atoms with Crippen LogP contribution in [0.25, 0.3) is 0 Å². The van der Waals surface area contributed by atoms with Crippen molar-refractivity contribution in [2.45, 2.75) is 18.9 Å². The molecule has 1 saturated heterocycles. The molecule has 1 atom stereocenters. The number of halogens is 2. The number of rotatable bonds is 2. The van der Waals surface area contributed by atoms with Crippen LogP contribution in [0.4, 0.5) is 14.5 Å². The molecule has 6 nitrogen and oxygen atoms in total. The minimum absolute atomic E-state index is 0.211. The third kappa shape index (κ3) is 2.74. The van der Waals surface area contributed by atoms with Crippen molar-refractivity contribution in [3.63, 3.8) is 0 Å². The Morgan fingerprint density at radius 2 is 2.05 bits per heavy atom. The highest BCUT2D eigenvalue weighted by atomic mass is 19.2. The van der Waals surface area contributed by atoms with Gasteiger partial charge in [-0.1, -0.05) is 0 Å². The second-order valence-electron chi connectivity index (χ2n) is 4.69. The summed E-state index contributed by atoms with van der Waals surface area (Å²) in [7, 11) is 0. The van der Waals surface area contributed by atoms with Crippen molar-refractivity contribution in [2.75, 3.05) is 13.1 Å². The van der Waals surface area contributed by atoms with E-state index in [9.17, 15) is 23.7 Å². The van der Waals surface area contributed by atoms with E-state index < -0.39 is 33.7 Å². The zero-order chi connectivity index (χ0) is 14.9. The van der Waals surface area contributed by atoms with Gasteiger partial charge in [0.1, 0.15) is 5.56 Å². The molecule has 2 N–H and O–H groups in total. The molecule has 1 fully saturated rings. The van der Waals surface area contributed by atoms with E-state index in [2.05, 4.69) is 0 Å². The first-order chi connectivity index (χ1) is 9.40. The van der Waals surface area contributed by atoms with Crippen molar-refractivity contribution in [2.24, 2.45) is 5.73 Å². The molecule has 1 aliphatic heterocycles. The first-order valence-corrected chi connectivity index (χ1v) is 6.08. The van der Waals surface area contributed by atoms with Crippen LogP contribution in [0.5, 0.6) is 0 Å². The van der Waals surface area contributed by atoms with Crippen LogP contribution < -0.4 is 5.73 Å². The van der Waals surface area contributed by atoms with Crippen molar-refractivity contribution < 1.29 is 18.5 Å². The van der Waals surface area contributed by atoms with Gasteiger partial charge < -0.3 is 10.6 Å². The van der Waals surface area contributed by atoms with Crippen LogP contribution in [0, 0.1) is 21.7 Å². The fraction of sp³-hybridized carbons (Fsp3) is 0.417. The maximum Gasteiger partial charge on any atom is 0.285 e. The monoisotopic (exact) mass is 285 g/mol. The molecule has 1 aliphatic rings. The Hall–Kier alpha value is -2.09. The zero-order valence-electron chi connectivity index (χ0n) is 10.5. The lowest BCUT2D eigenvalue weighted by Gasteiger charge is -2.30. The minimum Gasteiger partial charge on any atom is -0.337 e. The fourth-order valence-electron chi connectivity index (χ4n) is 2.22. The Balaban J connectivity index is 2.38.